The molecule has 3 rings (SSSR count). The summed E-state index contributed by atoms with van der Waals surface area (Å²) < 4.78 is 30.7. The number of rotatable bonds is 6. The van der Waals surface area contributed by atoms with Crippen molar-refractivity contribution < 1.29 is 13.2 Å². The van der Waals surface area contributed by atoms with Gasteiger partial charge in [0.2, 0.25) is 10.0 Å². The van der Waals surface area contributed by atoms with E-state index in [0.29, 0.717) is 35.8 Å². The molecular formula is C17H22N4O3S2. The second-order valence-corrected chi connectivity index (χ2v) is 8.87. The van der Waals surface area contributed by atoms with E-state index in [4.69, 9.17) is 0 Å². The molecule has 1 aliphatic heterocycles. The normalized spacial score (nSPS) is 15.2. The Balaban J connectivity index is 1.66. The van der Waals surface area contributed by atoms with Gasteiger partial charge in [-0.2, -0.15) is 8.68 Å². The van der Waals surface area contributed by atoms with Crippen molar-refractivity contribution in [3.63, 3.8) is 0 Å². The molecule has 1 aromatic carbocycles. The minimum absolute atomic E-state index is 0.200. The lowest BCUT2D eigenvalue weighted by Gasteiger charge is -2.15. The summed E-state index contributed by atoms with van der Waals surface area (Å²) in [5.41, 5.74) is 2.07. The van der Waals surface area contributed by atoms with Gasteiger partial charge in [-0.1, -0.05) is 12.1 Å². The highest BCUT2D eigenvalue weighted by atomic mass is 32.2. The number of benzene rings is 1. The maximum absolute atomic E-state index is 12.5. The molecule has 1 aromatic heterocycles. The van der Waals surface area contributed by atoms with Gasteiger partial charge in [-0.15, -0.1) is 0 Å². The van der Waals surface area contributed by atoms with Gasteiger partial charge in [0.1, 0.15) is 5.00 Å². The fraction of sp³-hybridized carbons (Fsp3) is 0.412. The van der Waals surface area contributed by atoms with Crippen LogP contribution < -0.4 is 10.6 Å². The van der Waals surface area contributed by atoms with Crippen molar-refractivity contribution in [3.05, 3.63) is 41.1 Å². The molecule has 1 fully saturated rings. The molecule has 0 atom stereocenters. The molecule has 0 aliphatic carbocycles. The van der Waals surface area contributed by atoms with Crippen LogP contribution in [0, 0.1) is 6.92 Å². The molecule has 1 amide bonds. The zero-order valence-corrected chi connectivity index (χ0v) is 16.4. The Labute approximate surface area is 157 Å². The number of nitrogens with one attached hydrogen (secondary N) is 2. The van der Waals surface area contributed by atoms with E-state index in [1.807, 2.05) is 0 Å². The van der Waals surface area contributed by atoms with Crippen molar-refractivity contribution in [1.82, 2.24) is 14.0 Å². The number of hydrogen-bond donors (Lipinski definition) is 2. The molecule has 9 heteroatoms. The highest BCUT2D eigenvalue weighted by molar-refractivity contribution is 7.89. The summed E-state index contributed by atoms with van der Waals surface area (Å²) in [6, 6.07) is 6.68. The number of carbonyl (C=O) groups excluding carboxylic acids is 1. The summed E-state index contributed by atoms with van der Waals surface area (Å²) in [7, 11) is -1.65. The standard InChI is InChI=1S/C17H22N4O3S2/c1-12-15(17(18-2)25-20-12)16(22)19-11-13-5-7-14(8-6-13)26(23,24)21-9-3-4-10-21/h5-8,18H,3-4,9-11H2,1-2H3,(H,19,22). The number of aryl methyl sites for hydroxylation is 1. The number of hydrogen-bond acceptors (Lipinski definition) is 6. The fourth-order valence-corrected chi connectivity index (χ4v) is 5.19. The lowest BCUT2D eigenvalue weighted by atomic mass is 10.2. The van der Waals surface area contributed by atoms with Crippen LogP contribution in [0.3, 0.4) is 0 Å². The van der Waals surface area contributed by atoms with E-state index in [2.05, 4.69) is 15.0 Å². The van der Waals surface area contributed by atoms with Crippen LogP contribution in [0.2, 0.25) is 0 Å². The van der Waals surface area contributed by atoms with Crippen LogP contribution in [-0.4, -0.2) is 43.1 Å². The van der Waals surface area contributed by atoms with E-state index in [-0.39, 0.29) is 5.91 Å². The van der Waals surface area contributed by atoms with E-state index < -0.39 is 10.0 Å². The molecule has 7 nitrogen and oxygen atoms in total. The number of nitrogens with zero attached hydrogens (tertiary/aromatic N) is 2. The van der Waals surface area contributed by atoms with Gasteiger partial charge in [0.25, 0.3) is 5.91 Å². The van der Waals surface area contributed by atoms with Gasteiger partial charge < -0.3 is 10.6 Å². The van der Waals surface area contributed by atoms with Gasteiger partial charge in [0.15, 0.2) is 0 Å². The first-order valence-electron chi connectivity index (χ1n) is 8.45. The monoisotopic (exact) mass is 394 g/mol. The average Bonchev–Trinajstić information content (AvgIpc) is 3.30. The highest BCUT2D eigenvalue weighted by Gasteiger charge is 2.26. The third-order valence-corrected chi connectivity index (χ3v) is 7.26. The Hall–Kier alpha value is -1.97. The first-order valence-corrected chi connectivity index (χ1v) is 10.7. The first kappa shape index (κ1) is 18.8. The molecule has 0 spiro atoms. The zero-order valence-electron chi connectivity index (χ0n) is 14.8. The predicted octanol–water partition coefficient (Wildman–Crippen LogP) is 2.21. The largest absolute Gasteiger partial charge is 0.378 e. The molecule has 140 valence electrons. The van der Waals surface area contributed by atoms with Gasteiger partial charge in [-0.25, -0.2) is 8.42 Å². The summed E-state index contributed by atoms with van der Waals surface area (Å²) in [6.07, 6.45) is 1.82. The summed E-state index contributed by atoms with van der Waals surface area (Å²) >= 11 is 1.25. The van der Waals surface area contributed by atoms with Crippen molar-refractivity contribution in [1.29, 1.82) is 0 Å². The minimum atomic E-state index is -3.41. The van der Waals surface area contributed by atoms with Crippen LogP contribution in [0.4, 0.5) is 5.00 Å². The average molecular weight is 395 g/mol. The van der Waals surface area contributed by atoms with Crippen molar-refractivity contribution in [2.24, 2.45) is 0 Å². The van der Waals surface area contributed by atoms with Gasteiger partial charge >= 0.3 is 0 Å². The molecule has 0 radical (unpaired) electrons. The second-order valence-electron chi connectivity index (χ2n) is 6.16. The lowest BCUT2D eigenvalue weighted by molar-refractivity contribution is 0.0951. The smallest absolute Gasteiger partial charge is 0.256 e. The van der Waals surface area contributed by atoms with Crippen LogP contribution in [0.25, 0.3) is 0 Å². The molecular weight excluding hydrogens is 372 g/mol. The molecule has 0 bridgehead atoms. The quantitative estimate of drug-likeness (QED) is 0.784. The molecule has 0 unspecified atom stereocenters. The SMILES string of the molecule is CNc1snc(C)c1C(=O)NCc1ccc(S(=O)(=O)N2CCCC2)cc1. The number of anilines is 1. The van der Waals surface area contributed by atoms with E-state index in [1.165, 1.54) is 15.8 Å². The molecule has 1 aliphatic rings. The molecule has 2 aromatic rings. The predicted molar refractivity (Wildman–Crippen MR) is 102 cm³/mol. The van der Waals surface area contributed by atoms with Crippen molar-refractivity contribution in [2.75, 3.05) is 25.5 Å². The van der Waals surface area contributed by atoms with E-state index in [9.17, 15) is 13.2 Å². The summed E-state index contributed by atoms with van der Waals surface area (Å²) in [4.78, 5) is 12.7. The topological polar surface area (TPSA) is 91.4 Å². The number of amides is 1. The van der Waals surface area contributed by atoms with E-state index in [1.54, 1.807) is 38.2 Å². The molecule has 0 saturated carbocycles. The van der Waals surface area contributed by atoms with Gasteiger partial charge in [-0.3, -0.25) is 4.79 Å². The Morgan fingerprint density at radius 3 is 2.50 bits per heavy atom. The number of sulfonamides is 1. The summed E-state index contributed by atoms with van der Waals surface area (Å²) in [6.45, 7) is 3.29. The molecule has 2 N–H and O–H groups in total. The number of carbonyl (C=O) groups is 1. The second kappa shape index (κ2) is 7.73. The Bertz CT molecular complexity index is 885. The lowest BCUT2D eigenvalue weighted by Crippen LogP contribution is -2.28. The van der Waals surface area contributed by atoms with Gasteiger partial charge in [0, 0.05) is 26.7 Å². The maximum atomic E-state index is 12.5. The minimum Gasteiger partial charge on any atom is -0.378 e. The highest BCUT2D eigenvalue weighted by Crippen LogP contribution is 2.24. The van der Waals surface area contributed by atoms with Crippen molar-refractivity contribution >= 4 is 32.5 Å². The Morgan fingerprint density at radius 1 is 1.23 bits per heavy atom. The van der Waals surface area contributed by atoms with Gasteiger partial charge in [-0.05, 0) is 49.0 Å². The van der Waals surface area contributed by atoms with Crippen LogP contribution in [0.15, 0.2) is 29.2 Å². The molecule has 26 heavy (non-hydrogen) atoms. The third kappa shape index (κ3) is 3.74. The fourth-order valence-electron chi connectivity index (χ4n) is 2.94. The van der Waals surface area contributed by atoms with Crippen LogP contribution in [-0.2, 0) is 16.6 Å². The van der Waals surface area contributed by atoms with Crippen LogP contribution in [0.5, 0.6) is 0 Å². The Morgan fingerprint density at radius 2 is 1.88 bits per heavy atom. The first-order chi connectivity index (χ1) is 12.4. The maximum Gasteiger partial charge on any atom is 0.256 e. The van der Waals surface area contributed by atoms with E-state index in [0.717, 1.165) is 23.4 Å². The number of aromatic nitrogens is 1. The van der Waals surface area contributed by atoms with Crippen molar-refractivity contribution in [2.45, 2.75) is 31.2 Å². The zero-order chi connectivity index (χ0) is 18.7. The molecule has 1 saturated heterocycles. The van der Waals surface area contributed by atoms with Crippen molar-refractivity contribution in [3.8, 4) is 0 Å². The summed E-state index contributed by atoms with van der Waals surface area (Å²) in [5, 5.41) is 6.56. The Kier molecular flexibility index (Phi) is 5.59. The van der Waals surface area contributed by atoms with Gasteiger partial charge in [0.05, 0.1) is 16.2 Å². The van der Waals surface area contributed by atoms with E-state index >= 15 is 0 Å². The molecule has 2 heterocycles. The summed E-state index contributed by atoms with van der Waals surface area (Å²) in [5.74, 6) is -0.200. The third-order valence-electron chi connectivity index (χ3n) is 4.40. The van der Waals surface area contributed by atoms with Crippen LogP contribution >= 0.6 is 11.5 Å². The van der Waals surface area contributed by atoms with Crippen LogP contribution in [0.1, 0.15) is 34.5 Å².